The van der Waals surface area contributed by atoms with Gasteiger partial charge in [0.15, 0.2) is 0 Å². The molecule has 0 atom stereocenters. The molecule has 176 valence electrons. The van der Waals surface area contributed by atoms with Gasteiger partial charge in [-0.25, -0.2) is 4.79 Å². The van der Waals surface area contributed by atoms with Crippen LogP contribution >= 0.6 is 0 Å². The SMILES string of the molecule is CCC(CC)CNC(=O)c1ccc2c(CO)cn(Cc3ccc(C(=O)OC)cc3OC)c2c1. The van der Waals surface area contributed by atoms with E-state index in [1.807, 2.05) is 29.0 Å². The van der Waals surface area contributed by atoms with Crippen molar-refractivity contribution in [3.05, 3.63) is 64.8 Å². The molecule has 7 heteroatoms. The Morgan fingerprint density at radius 2 is 1.76 bits per heavy atom. The van der Waals surface area contributed by atoms with E-state index in [-0.39, 0.29) is 12.5 Å². The van der Waals surface area contributed by atoms with Crippen LogP contribution in [-0.4, -0.2) is 42.3 Å². The molecule has 0 bridgehead atoms. The van der Waals surface area contributed by atoms with E-state index in [0.717, 1.165) is 34.9 Å². The predicted octanol–water partition coefficient (Wildman–Crippen LogP) is 4.14. The summed E-state index contributed by atoms with van der Waals surface area (Å²) < 4.78 is 12.3. The highest BCUT2D eigenvalue weighted by Crippen LogP contribution is 2.27. The Labute approximate surface area is 194 Å². The van der Waals surface area contributed by atoms with Gasteiger partial charge < -0.3 is 24.5 Å². The van der Waals surface area contributed by atoms with Crippen LogP contribution in [0.2, 0.25) is 0 Å². The molecule has 0 radical (unpaired) electrons. The Kier molecular flexibility index (Phi) is 8.11. The molecule has 0 unspecified atom stereocenters. The monoisotopic (exact) mass is 452 g/mol. The molecule has 0 aliphatic rings. The number of esters is 1. The lowest BCUT2D eigenvalue weighted by atomic mass is 10.0. The lowest BCUT2D eigenvalue weighted by Crippen LogP contribution is -2.28. The van der Waals surface area contributed by atoms with Crippen LogP contribution in [0, 0.1) is 5.92 Å². The first-order valence-corrected chi connectivity index (χ1v) is 11.2. The maximum atomic E-state index is 12.8. The zero-order chi connectivity index (χ0) is 24.0. The average molecular weight is 453 g/mol. The second-order valence-corrected chi connectivity index (χ2v) is 8.08. The first-order valence-electron chi connectivity index (χ1n) is 11.2. The van der Waals surface area contributed by atoms with Crippen LogP contribution in [0.4, 0.5) is 0 Å². The Morgan fingerprint density at radius 1 is 1.03 bits per heavy atom. The van der Waals surface area contributed by atoms with Gasteiger partial charge in [0.2, 0.25) is 0 Å². The normalized spacial score (nSPS) is 11.1. The average Bonchev–Trinajstić information content (AvgIpc) is 3.20. The molecular formula is C26H32N2O5. The number of ether oxygens (including phenoxy) is 2. The van der Waals surface area contributed by atoms with E-state index in [4.69, 9.17) is 9.47 Å². The molecule has 33 heavy (non-hydrogen) atoms. The summed E-state index contributed by atoms with van der Waals surface area (Å²) in [5, 5.41) is 13.8. The molecule has 0 aliphatic carbocycles. The third-order valence-corrected chi connectivity index (χ3v) is 6.15. The van der Waals surface area contributed by atoms with Gasteiger partial charge in [0.05, 0.1) is 32.9 Å². The number of methoxy groups -OCH3 is 2. The Balaban J connectivity index is 1.94. The molecule has 0 saturated carbocycles. The van der Waals surface area contributed by atoms with Gasteiger partial charge in [0.1, 0.15) is 5.75 Å². The predicted molar refractivity (Wildman–Crippen MR) is 128 cm³/mol. The molecule has 0 fully saturated rings. The number of aliphatic hydroxyl groups is 1. The van der Waals surface area contributed by atoms with Gasteiger partial charge in [-0.05, 0) is 30.2 Å². The molecule has 0 spiro atoms. The number of carbonyl (C=O) groups is 2. The first kappa shape index (κ1) is 24.3. The van der Waals surface area contributed by atoms with Crippen LogP contribution in [0.1, 0.15) is 58.5 Å². The van der Waals surface area contributed by atoms with Crippen molar-refractivity contribution in [3.63, 3.8) is 0 Å². The molecule has 3 rings (SSSR count). The number of aromatic nitrogens is 1. The highest BCUT2D eigenvalue weighted by atomic mass is 16.5. The van der Waals surface area contributed by atoms with Crippen molar-refractivity contribution in [2.24, 2.45) is 5.92 Å². The quantitative estimate of drug-likeness (QED) is 0.451. The van der Waals surface area contributed by atoms with Crippen molar-refractivity contribution < 1.29 is 24.2 Å². The topological polar surface area (TPSA) is 89.8 Å². The number of nitrogens with zero attached hydrogens (tertiary/aromatic N) is 1. The summed E-state index contributed by atoms with van der Waals surface area (Å²) in [5.41, 5.74) is 3.45. The van der Waals surface area contributed by atoms with Gasteiger partial charge in [-0.1, -0.05) is 38.8 Å². The van der Waals surface area contributed by atoms with Crippen molar-refractivity contribution in [2.75, 3.05) is 20.8 Å². The van der Waals surface area contributed by atoms with Gasteiger partial charge in [-0.3, -0.25) is 4.79 Å². The number of amides is 1. The number of rotatable bonds is 10. The van der Waals surface area contributed by atoms with Gasteiger partial charge in [0, 0.05) is 40.3 Å². The standard InChI is InChI=1S/C26H32N2O5/c1-5-17(6-2)13-27-25(30)18-9-10-22-21(16-29)15-28(23(22)11-18)14-20-8-7-19(26(31)33-4)12-24(20)32-3/h7-12,15,17,29H,5-6,13-14,16H2,1-4H3,(H,27,30). The molecule has 1 aromatic heterocycles. The molecule has 7 nitrogen and oxygen atoms in total. The van der Waals surface area contributed by atoms with E-state index in [0.29, 0.717) is 35.9 Å². The fourth-order valence-electron chi connectivity index (χ4n) is 3.99. The third kappa shape index (κ3) is 5.37. The summed E-state index contributed by atoms with van der Waals surface area (Å²) in [4.78, 5) is 24.6. The lowest BCUT2D eigenvalue weighted by molar-refractivity contribution is 0.0600. The molecule has 0 aliphatic heterocycles. The smallest absolute Gasteiger partial charge is 0.337 e. The van der Waals surface area contributed by atoms with E-state index >= 15 is 0 Å². The molecule has 0 saturated heterocycles. The van der Waals surface area contributed by atoms with Crippen molar-refractivity contribution in [3.8, 4) is 5.75 Å². The second-order valence-electron chi connectivity index (χ2n) is 8.08. The van der Waals surface area contributed by atoms with E-state index in [9.17, 15) is 14.7 Å². The maximum Gasteiger partial charge on any atom is 0.337 e. The van der Waals surface area contributed by atoms with Crippen molar-refractivity contribution >= 4 is 22.8 Å². The van der Waals surface area contributed by atoms with Crippen LogP contribution < -0.4 is 10.1 Å². The molecule has 1 heterocycles. The highest BCUT2D eigenvalue weighted by Gasteiger charge is 2.16. The minimum Gasteiger partial charge on any atom is -0.496 e. The maximum absolute atomic E-state index is 12.8. The van der Waals surface area contributed by atoms with Gasteiger partial charge >= 0.3 is 5.97 Å². The molecule has 3 aromatic rings. The summed E-state index contributed by atoms with van der Waals surface area (Å²) in [7, 11) is 2.89. The minimum atomic E-state index is -0.433. The number of fused-ring (bicyclic) bond motifs is 1. The number of aliphatic hydroxyl groups excluding tert-OH is 1. The number of carbonyl (C=O) groups excluding carboxylic acids is 2. The second kappa shape index (κ2) is 11.0. The van der Waals surface area contributed by atoms with Crippen LogP contribution in [0.15, 0.2) is 42.6 Å². The molecule has 1 amide bonds. The number of benzene rings is 2. The van der Waals surface area contributed by atoms with E-state index in [1.165, 1.54) is 7.11 Å². The molecular weight excluding hydrogens is 420 g/mol. The van der Waals surface area contributed by atoms with E-state index in [2.05, 4.69) is 19.2 Å². The fourth-order valence-corrected chi connectivity index (χ4v) is 3.99. The third-order valence-electron chi connectivity index (χ3n) is 6.15. The minimum absolute atomic E-state index is 0.109. The zero-order valence-electron chi connectivity index (χ0n) is 19.7. The summed E-state index contributed by atoms with van der Waals surface area (Å²) >= 11 is 0. The first-order chi connectivity index (χ1) is 15.9. The fraction of sp³-hybridized carbons (Fsp3) is 0.385. The molecule has 2 N–H and O–H groups in total. The summed E-state index contributed by atoms with van der Waals surface area (Å²) in [6.07, 6.45) is 3.93. The van der Waals surface area contributed by atoms with Crippen molar-refractivity contribution in [1.29, 1.82) is 0 Å². The Morgan fingerprint density at radius 3 is 2.39 bits per heavy atom. The largest absolute Gasteiger partial charge is 0.496 e. The number of nitrogens with one attached hydrogen (secondary N) is 1. The van der Waals surface area contributed by atoms with Crippen molar-refractivity contribution in [2.45, 2.75) is 39.8 Å². The number of hydrogen-bond donors (Lipinski definition) is 2. The summed E-state index contributed by atoms with van der Waals surface area (Å²) in [6, 6.07) is 10.7. The van der Waals surface area contributed by atoms with Crippen LogP contribution in [0.5, 0.6) is 5.75 Å². The Hall–Kier alpha value is -3.32. The van der Waals surface area contributed by atoms with Crippen LogP contribution in [-0.2, 0) is 17.9 Å². The zero-order valence-corrected chi connectivity index (χ0v) is 19.7. The van der Waals surface area contributed by atoms with E-state index < -0.39 is 5.97 Å². The van der Waals surface area contributed by atoms with Gasteiger partial charge in [0.25, 0.3) is 5.91 Å². The lowest BCUT2D eigenvalue weighted by Gasteiger charge is -2.14. The number of hydrogen-bond acceptors (Lipinski definition) is 5. The summed E-state index contributed by atoms with van der Waals surface area (Å²) in [6.45, 7) is 5.24. The highest BCUT2D eigenvalue weighted by molar-refractivity contribution is 5.98. The van der Waals surface area contributed by atoms with Gasteiger partial charge in [-0.2, -0.15) is 0 Å². The van der Waals surface area contributed by atoms with Crippen molar-refractivity contribution in [1.82, 2.24) is 9.88 Å². The van der Waals surface area contributed by atoms with Crippen LogP contribution in [0.25, 0.3) is 10.9 Å². The van der Waals surface area contributed by atoms with Gasteiger partial charge in [-0.15, -0.1) is 0 Å². The Bertz CT molecular complexity index is 1130. The summed E-state index contributed by atoms with van der Waals surface area (Å²) in [5.74, 6) is 0.479. The van der Waals surface area contributed by atoms with E-state index in [1.54, 1.807) is 25.3 Å². The molecule has 2 aromatic carbocycles. The van der Waals surface area contributed by atoms with Crippen LogP contribution in [0.3, 0.4) is 0 Å².